The normalized spacial score (nSPS) is 16.6. The lowest BCUT2D eigenvalue weighted by Crippen LogP contribution is -2.29. The maximum atomic E-state index is 12.5. The van der Waals surface area contributed by atoms with Crippen LogP contribution in [0, 0.1) is 12.8 Å². The highest BCUT2D eigenvalue weighted by molar-refractivity contribution is 6.31. The number of anilines is 1. The third-order valence-corrected chi connectivity index (χ3v) is 4.68. The van der Waals surface area contributed by atoms with Crippen LogP contribution in [0.4, 0.5) is 5.69 Å². The van der Waals surface area contributed by atoms with E-state index in [0.29, 0.717) is 40.4 Å². The van der Waals surface area contributed by atoms with Crippen molar-refractivity contribution in [2.75, 3.05) is 5.32 Å². The molecule has 0 fully saturated rings. The van der Waals surface area contributed by atoms with Gasteiger partial charge >= 0.3 is 0 Å². The minimum atomic E-state index is -0.559. The number of rotatable bonds is 2. The van der Waals surface area contributed by atoms with Gasteiger partial charge in [0.25, 0.3) is 11.5 Å². The lowest BCUT2D eigenvalue weighted by molar-refractivity contribution is 0.0952. The van der Waals surface area contributed by atoms with Crippen LogP contribution in [0.2, 0.25) is 5.02 Å². The smallest absolute Gasteiger partial charge is 0.261 e. The van der Waals surface area contributed by atoms with E-state index in [1.165, 1.54) is 6.07 Å². The number of halogens is 1. The molecule has 2 N–H and O–H groups in total. The number of aromatic amines is 1. The van der Waals surface area contributed by atoms with Gasteiger partial charge in [0.1, 0.15) is 5.56 Å². The minimum Gasteiger partial charge on any atom is -0.325 e. The Labute approximate surface area is 144 Å². The number of fused-ring (bicyclic) bond motifs is 1. The monoisotopic (exact) mass is 344 g/mol. The summed E-state index contributed by atoms with van der Waals surface area (Å²) in [5, 5.41) is 3.21. The number of Topliss-reactive ketones (excluding diaryl/α,β-unsaturated/α-hetero) is 1. The zero-order valence-electron chi connectivity index (χ0n) is 13.4. The topological polar surface area (TPSA) is 79.0 Å². The SMILES string of the molecule is Cc1c(Cl)cccc1NC(=O)c1cc2c([nH]c1=O)CC(C)CC2=O. The number of hydrogen-bond acceptors (Lipinski definition) is 3. The van der Waals surface area contributed by atoms with E-state index < -0.39 is 11.5 Å². The molecule has 0 spiro atoms. The molecular weight excluding hydrogens is 328 g/mol. The Morgan fingerprint density at radius 2 is 2.04 bits per heavy atom. The lowest BCUT2D eigenvalue weighted by atomic mass is 9.86. The Bertz CT molecular complexity index is 902. The first-order valence-electron chi connectivity index (χ1n) is 7.72. The van der Waals surface area contributed by atoms with Gasteiger partial charge in [0.2, 0.25) is 0 Å². The molecule has 1 aliphatic rings. The van der Waals surface area contributed by atoms with Gasteiger partial charge in [-0.05, 0) is 43.0 Å². The van der Waals surface area contributed by atoms with Gasteiger partial charge < -0.3 is 10.3 Å². The van der Waals surface area contributed by atoms with Gasteiger partial charge in [-0.3, -0.25) is 14.4 Å². The zero-order valence-corrected chi connectivity index (χ0v) is 14.2. The highest BCUT2D eigenvalue weighted by atomic mass is 35.5. The van der Waals surface area contributed by atoms with Crippen molar-refractivity contribution in [1.82, 2.24) is 4.98 Å². The summed E-state index contributed by atoms with van der Waals surface area (Å²) in [5.74, 6) is -0.418. The molecule has 124 valence electrons. The standard InChI is InChI=1S/C18H17ClN2O3/c1-9-6-15-11(16(22)7-9)8-12(18(24)21-15)17(23)20-14-5-3-4-13(19)10(14)2/h3-5,8-9H,6-7H2,1-2H3,(H,20,23)(H,21,24). The second-order valence-electron chi connectivity index (χ2n) is 6.21. The molecule has 6 heteroatoms. The molecule has 1 heterocycles. The number of nitrogens with one attached hydrogen (secondary N) is 2. The fourth-order valence-electron chi connectivity index (χ4n) is 2.93. The van der Waals surface area contributed by atoms with Crippen LogP contribution in [-0.4, -0.2) is 16.7 Å². The van der Waals surface area contributed by atoms with Crippen molar-refractivity contribution in [3.05, 3.63) is 62.0 Å². The summed E-state index contributed by atoms with van der Waals surface area (Å²) in [4.78, 5) is 39.6. The number of H-pyrrole nitrogens is 1. The van der Waals surface area contributed by atoms with Crippen LogP contribution in [0.3, 0.4) is 0 Å². The van der Waals surface area contributed by atoms with Crippen LogP contribution in [-0.2, 0) is 6.42 Å². The number of pyridine rings is 1. The third-order valence-electron chi connectivity index (χ3n) is 4.27. The first-order valence-corrected chi connectivity index (χ1v) is 8.10. The van der Waals surface area contributed by atoms with Crippen molar-refractivity contribution >= 4 is 29.0 Å². The summed E-state index contributed by atoms with van der Waals surface area (Å²) in [6, 6.07) is 6.54. The minimum absolute atomic E-state index is 0.0482. The molecular formula is C18H17ClN2O3. The van der Waals surface area contributed by atoms with Crippen molar-refractivity contribution in [2.45, 2.75) is 26.7 Å². The number of hydrogen-bond donors (Lipinski definition) is 2. The average Bonchev–Trinajstić information content (AvgIpc) is 2.51. The summed E-state index contributed by atoms with van der Waals surface area (Å²) >= 11 is 6.04. The fourth-order valence-corrected chi connectivity index (χ4v) is 3.10. The lowest BCUT2D eigenvalue weighted by Gasteiger charge is -2.20. The summed E-state index contributed by atoms with van der Waals surface area (Å²) in [5.41, 5.74) is 1.72. The molecule has 1 unspecified atom stereocenters. The molecule has 1 aliphatic carbocycles. The molecule has 1 atom stereocenters. The average molecular weight is 345 g/mol. The molecule has 0 aliphatic heterocycles. The van der Waals surface area contributed by atoms with Gasteiger partial charge in [-0.1, -0.05) is 24.6 Å². The molecule has 1 amide bonds. The largest absolute Gasteiger partial charge is 0.325 e. The Balaban J connectivity index is 1.96. The van der Waals surface area contributed by atoms with Crippen LogP contribution in [0.1, 0.15) is 45.3 Å². The molecule has 5 nitrogen and oxygen atoms in total. The Hall–Kier alpha value is -2.40. The predicted molar refractivity (Wildman–Crippen MR) is 93.0 cm³/mol. The molecule has 0 radical (unpaired) electrons. The molecule has 1 aromatic carbocycles. The highest BCUT2D eigenvalue weighted by Crippen LogP contribution is 2.25. The van der Waals surface area contributed by atoms with Crippen molar-refractivity contribution < 1.29 is 9.59 Å². The number of aromatic nitrogens is 1. The number of amides is 1. The van der Waals surface area contributed by atoms with Crippen molar-refractivity contribution in [1.29, 1.82) is 0 Å². The van der Waals surface area contributed by atoms with E-state index in [0.717, 1.165) is 0 Å². The number of ketones is 1. The first kappa shape index (κ1) is 16.5. The maximum absolute atomic E-state index is 12.5. The van der Waals surface area contributed by atoms with Crippen molar-refractivity contribution in [2.24, 2.45) is 5.92 Å². The summed E-state index contributed by atoms with van der Waals surface area (Å²) in [6.45, 7) is 3.74. The van der Waals surface area contributed by atoms with Gasteiger partial charge in [0.05, 0.1) is 0 Å². The molecule has 0 bridgehead atoms. The Kier molecular flexibility index (Phi) is 4.28. The van der Waals surface area contributed by atoms with Gasteiger partial charge in [-0.25, -0.2) is 0 Å². The molecule has 3 rings (SSSR count). The Morgan fingerprint density at radius 1 is 1.29 bits per heavy atom. The van der Waals surface area contributed by atoms with Crippen LogP contribution < -0.4 is 10.9 Å². The zero-order chi connectivity index (χ0) is 17.4. The van der Waals surface area contributed by atoms with Crippen LogP contribution >= 0.6 is 11.6 Å². The van der Waals surface area contributed by atoms with E-state index in [2.05, 4.69) is 10.3 Å². The van der Waals surface area contributed by atoms with Crippen LogP contribution in [0.15, 0.2) is 29.1 Å². The third kappa shape index (κ3) is 2.99. The molecule has 1 aromatic heterocycles. The van der Waals surface area contributed by atoms with Crippen molar-refractivity contribution in [3.8, 4) is 0 Å². The summed E-state index contributed by atoms with van der Waals surface area (Å²) in [6.07, 6.45) is 1.05. The second-order valence-corrected chi connectivity index (χ2v) is 6.61. The van der Waals surface area contributed by atoms with E-state index in [9.17, 15) is 14.4 Å². The van der Waals surface area contributed by atoms with E-state index in [1.807, 2.05) is 6.92 Å². The highest BCUT2D eigenvalue weighted by Gasteiger charge is 2.25. The molecule has 0 saturated carbocycles. The summed E-state index contributed by atoms with van der Waals surface area (Å²) in [7, 11) is 0. The number of benzene rings is 1. The molecule has 2 aromatic rings. The van der Waals surface area contributed by atoms with Crippen LogP contribution in [0.25, 0.3) is 0 Å². The van der Waals surface area contributed by atoms with Gasteiger partial charge in [0, 0.05) is 28.4 Å². The summed E-state index contributed by atoms with van der Waals surface area (Å²) < 4.78 is 0. The van der Waals surface area contributed by atoms with Gasteiger partial charge in [-0.2, -0.15) is 0 Å². The number of carbonyl (C=O) groups excluding carboxylic acids is 2. The van der Waals surface area contributed by atoms with E-state index >= 15 is 0 Å². The van der Waals surface area contributed by atoms with E-state index in [-0.39, 0.29) is 17.3 Å². The second kappa shape index (κ2) is 6.24. The van der Waals surface area contributed by atoms with Gasteiger partial charge in [0.15, 0.2) is 5.78 Å². The predicted octanol–water partition coefficient (Wildman–Crippen LogP) is 3.35. The Morgan fingerprint density at radius 3 is 2.79 bits per heavy atom. The fraction of sp³-hybridized carbons (Fsp3) is 0.278. The van der Waals surface area contributed by atoms with Crippen molar-refractivity contribution in [3.63, 3.8) is 0 Å². The van der Waals surface area contributed by atoms with Gasteiger partial charge in [-0.15, -0.1) is 0 Å². The van der Waals surface area contributed by atoms with E-state index in [4.69, 9.17) is 11.6 Å². The number of carbonyl (C=O) groups is 2. The first-order chi connectivity index (χ1) is 11.4. The van der Waals surface area contributed by atoms with E-state index in [1.54, 1.807) is 25.1 Å². The molecule has 0 saturated heterocycles. The molecule has 24 heavy (non-hydrogen) atoms. The quantitative estimate of drug-likeness (QED) is 0.876. The maximum Gasteiger partial charge on any atom is 0.261 e. The van der Waals surface area contributed by atoms with Crippen LogP contribution in [0.5, 0.6) is 0 Å².